The Morgan fingerprint density at radius 2 is 2.24 bits per heavy atom. The molecule has 0 N–H and O–H groups in total. The smallest absolute Gasteiger partial charge is 0.341 e. The van der Waals surface area contributed by atoms with Crippen LogP contribution >= 0.6 is 15.9 Å². The van der Waals surface area contributed by atoms with Crippen LogP contribution < -0.4 is 0 Å². The normalized spacial score (nSPS) is 10.2. The third-order valence-electron chi connectivity index (χ3n) is 2.19. The van der Waals surface area contributed by atoms with Crippen molar-refractivity contribution in [2.75, 3.05) is 6.61 Å². The van der Waals surface area contributed by atoms with E-state index in [-0.39, 0.29) is 5.97 Å². The van der Waals surface area contributed by atoms with E-state index in [1.165, 1.54) is 6.20 Å². The molecule has 0 amide bonds. The summed E-state index contributed by atoms with van der Waals surface area (Å²) in [7, 11) is 0. The van der Waals surface area contributed by atoms with Crippen LogP contribution in [0.25, 0.3) is 5.69 Å². The average Bonchev–Trinajstić information content (AvgIpc) is 2.79. The van der Waals surface area contributed by atoms with E-state index >= 15 is 0 Å². The van der Waals surface area contributed by atoms with E-state index in [1.54, 1.807) is 17.8 Å². The van der Waals surface area contributed by atoms with Gasteiger partial charge in [0.05, 0.1) is 24.1 Å². The first kappa shape index (κ1) is 11.9. The number of nitrogens with zero attached hydrogens (tertiary/aromatic N) is 2. The first-order valence-electron chi connectivity index (χ1n) is 5.19. The summed E-state index contributed by atoms with van der Waals surface area (Å²) in [5.41, 5.74) is 1.32. The quantitative estimate of drug-likeness (QED) is 0.818. The molecule has 0 aliphatic heterocycles. The SMILES string of the molecule is CCOC(=O)c1cnn(-c2ccccc2Br)c1. The molecule has 0 fully saturated rings. The Bertz CT molecular complexity index is 537. The molecule has 0 atom stereocenters. The van der Waals surface area contributed by atoms with Crippen molar-refractivity contribution in [2.24, 2.45) is 0 Å². The van der Waals surface area contributed by atoms with Crippen molar-refractivity contribution in [1.29, 1.82) is 0 Å². The summed E-state index contributed by atoms with van der Waals surface area (Å²) >= 11 is 3.43. The highest BCUT2D eigenvalue weighted by atomic mass is 79.9. The predicted molar refractivity (Wildman–Crippen MR) is 67.2 cm³/mol. The van der Waals surface area contributed by atoms with Crippen molar-refractivity contribution >= 4 is 21.9 Å². The van der Waals surface area contributed by atoms with Crippen molar-refractivity contribution in [3.05, 3.63) is 46.7 Å². The van der Waals surface area contributed by atoms with Gasteiger partial charge in [0.2, 0.25) is 0 Å². The Labute approximate surface area is 107 Å². The van der Waals surface area contributed by atoms with Gasteiger partial charge in [-0.2, -0.15) is 5.10 Å². The van der Waals surface area contributed by atoms with E-state index in [0.29, 0.717) is 12.2 Å². The maximum absolute atomic E-state index is 11.5. The lowest BCUT2D eigenvalue weighted by Gasteiger charge is -2.02. The van der Waals surface area contributed by atoms with Gasteiger partial charge in [-0.25, -0.2) is 9.48 Å². The van der Waals surface area contributed by atoms with E-state index in [1.807, 2.05) is 24.3 Å². The number of hydrogen-bond donors (Lipinski definition) is 0. The molecule has 0 unspecified atom stereocenters. The van der Waals surface area contributed by atoms with Gasteiger partial charge in [0, 0.05) is 10.7 Å². The van der Waals surface area contributed by atoms with E-state index in [4.69, 9.17) is 4.74 Å². The van der Waals surface area contributed by atoms with Crippen LogP contribution in [-0.4, -0.2) is 22.4 Å². The van der Waals surface area contributed by atoms with Crippen LogP contribution in [0.1, 0.15) is 17.3 Å². The largest absolute Gasteiger partial charge is 0.462 e. The number of aromatic nitrogens is 2. The molecule has 88 valence electrons. The summed E-state index contributed by atoms with van der Waals surface area (Å²) in [6.07, 6.45) is 3.15. The Balaban J connectivity index is 2.30. The van der Waals surface area contributed by atoms with Crippen LogP contribution in [0, 0.1) is 0 Å². The molecular formula is C12H11BrN2O2. The molecule has 0 aliphatic carbocycles. The lowest BCUT2D eigenvalue weighted by molar-refractivity contribution is 0.0526. The van der Waals surface area contributed by atoms with Gasteiger partial charge in [-0.1, -0.05) is 12.1 Å². The molecule has 1 aromatic heterocycles. The van der Waals surface area contributed by atoms with Crippen LogP contribution in [0.5, 0.6) is 0 Å². The summed E-state index contributed by atoms with van der Waals surface area (Å²) in [5.74, 6) is -0.356. The number of benzene rings is 1. The zero-order valence-corrected chi connectivity index (χ0v) is 10.8. The maximum atomic E-state index is 11.5. The molecule has 0 radical (unpaired) electrons. The second-order valence-corrected chi connectivity index (χ2v) is 4.20. The molecule has 1 aromatic carbocycles. The highest BCUT2D eigenvalue weighted by Crippen LogP contribution is 2.20. The molecule has 5 heteroatoms. The van der Waals surface area contributed by atoms with Gasteiger partial charge in [0.25, 0.3) is 0 Å². The Morgan fingerprint density at radius 3 is 2.94 bits per heavy atom. The second kappa shape index (κ2) is 5.14. The summed E-state index contributed by atoms with van der Waals surface area (Å²) in [6.45, 7) is 2.13. The van der Waals surface area contributed by atoms with E-state index in [2.05, 4.69) is 21.0 Å². The highest BCUT2D eigenvalue weighted by molar-refractivity contribution is 9.10. The number of ether oxygens (including phenoxy) is 1. The molecule has 2 aromatic rings. The van der Waals surface area contributed by atoms with Gasteiger partial charge in [-0.05, 0) is 35.0 Å². The van der Waals surface area contributed by atoms with Crippen molar-refractivity contribution in [1.82, 2.24) is 9.78 Å². The van der Waals surface area contributed by atoms with Gasteiger partial charge < -0.3 is 4.74 Å². The molecule has 0 aliphatic rings. The second-order valence-electron chi connectivity index (χ2n) is 3.35. The van der Waals surface area contributed by atoms with Gasteiger partial charge in [-0.15, -0.1) is 0 Å². The van der Waals surface area contributed by atoms with Crippen LogP contribution in [-0.2, 0) is 4.74 Å². The summed E-state index contributed by atoms with van der Waals surface area (Å²) in [4.78, 5) is 11.5. The number of rotatable bonds is 3. The van der Waals surface area contributed by atoms with Crippen molar-refractivity contribution < 1.29 is 9.53 Å². The number of carbonyl (C=O) groups is 1. The molecule has 4 nitrogen and oxygen atoms in total. The number of para-hydroxylation sites is 1. The Morgan fingerprint density at radius 1 is 1.47 bits per heavy atom. The Kier molecular flexibility index (Phi) is 3.58. The fraction of sp³-hybridized carbons (Fsp3) is 0.167. The fourth-order valence-electron chi connectivity index (χ4n) is 1.41. The molecule has 0 saturated heterocycles. The van der Waals surface area contributed by atoms with Gasteiger partial charge in [0.1, 0.15) is 0 Å². The minimum Gasteiger partial charge on any atom is -0.462 e. The molecule has 2 rings (SSSR count). The molecule has 0 bridgehead atoms. The van der Waals surface area contributed by atoms with E-state index in [9.17, 15) is 4.79 Å². The number of halogens is 1. The third kappa shape index (κ3) is 2.55. The zero-order valence-electron chi connectivity index (χ0n) is 9.26. The van der Waals surface area contributed by atoms with Crippen LogP contribution in [0.4, 0.5) is 0 Å². The predicted octanol–water partition coefficient (Wildman–Crippen LogP) is 2.81. The Hall–Kier alpha value is -1.62. The van der Waals surface area contributed by atoms with Gasteiger partial charge in [-0.3, -0.25) is 0 Å². The minimum absolute atomic E-state index is 0.356. The molecular weight excluding hydrogens is 284 g/mol. The lowest BCUT2D eigenvalue weighted by Crippen LogP contribution is -2.03. The summed E-state index contributed by atoms with van der Waals surface area (Å²) < 4.78 is 7.45. The summed E-state index contributed by atoms with van der Waals surface area (Å²) in [6, 6.07) is 7.65. The molecule has 0 spiro atoms. The fourth-order valence-corrected chi connectivity index (χ4v) is 1.88. The van der Waals surface area contributed by atoms with Crippen LogP contribution in [0.15, 0.2) is 41.1 Å². The van der Waals surface area contributed by atoms with Crippen LogP contribution in [0.2, 0.25) is 0 Å². The highest BCUT2D eigenvalue weighted by Gasteiger charge is 2.10. The van der Waals surface area contributed by atoms with Crippen molar-refractivity contribution in [2.45, 2.75) is 6.92 Å². The van der Waals surface area contributed by atoms with Crippen molar-refractivity contribution in [3.63, 3.8) is 0 Å². The number of hydrogen-bond acceptors (Lipinski definition) is 3. The molecule has 0 saturated carbocycles. The average molecular weight is 295 g/mol. The topological polar surface area (TPSA) is 44.1 Å². The zero-order chi connectivity index (χ0) is 12.3. The third-order valence-corrected chi connectivity index (χ3v) is 2.86. The molecule has 17 heavy (non-hydrogen) atoms. The lowest BCUT2D eigenvalue weighted by atomic mass is 10.3. The standard InChI is InChI=1S/C12H11BrN2O2/c1-2-17-12(16)9-7-14-15(8-9)11-6-4-3-5-10(11)13/h3-8H,2H2,1H3. The first-order chi connectivity index (χ1) is 8.22. The number of esters is 1. The van der Waals surface area contributed by atoms with Crippen molar-refractivity contribution in [3.8, 4) is 5.69 Å². The monoisotopic (exact) mass is 294 g/mol. The van der Waals surface area contributed by atoms with E-state index < -0.39 is 0 Å². The summed E-state index contributed by atoms with van der Waals surface area (Å²) in [5, 5.41) is 4.14. The minimum atomic E-state index is -0.356. The number of carbonyl (C=O) groups excluding carboxylic acids is 1. The maximum Gasteiger partial charge on any atom is 0.341 e. The van der Waals surface area contributed by atoms with E-state index in [0.717, 1.165) is 10.2 Å². The van der Waals surface area contributed by atoms with Crippen LogP contribution in [0.3, 0.4) is 0 Å². The molecule has 1 heterocycles. The first-order valence-corrected chi connectivity index (χ1v) is 5.98. The van der Waals surface area contributed by atoms with Gasteiger partial charge in [0.15, 0.2) is 0 Å². The van der Waals surface area contributed by atoms with Gasteiger partial charge >= 0.3 is 5.97 Å².